The number of nitrogens with one attached hydrogen (secondary N) is 1. The SMILES string of the molecule is CC1CN(c2cccc(Br)c2)CC(C)(C)CN1. The van der Waals surface area contributed by atoms with Gasteiger partial charge in [-0.05, 0) is 30.5 Å². The molecule has 1 aromatic rings. The highest BCUT2D eigenvalue weighted by Crippen LogP contribution is 2.26. The second-order valence-electron chi connectivity index (χ2n) is 5.81. The number of halogens is 1. The van der Waals surface area contributed by atoms with Gasteiger partial charge in [0.05, 0.1) is 0 Å². The van der Waals surface area contributed by atoms with Crippen molar-refractivity contribution in [2.45, 2.75) is 26.8 Å². The molecule has 1 aliphatic heterocycles. The molecule has 1 aliphatic rings. The first-order valence-electron chi connectivity index (χ1n) is 6.20. The summed E-state index contributed by atoms with van der Waals surface area (Å²) in [5, 5.41) is 3.60. The second kappa shape index (κ2) is 4.99. The predicted molar refractivity (Wildman–Crippen MR) is 77.6 cm³/mol. The van der Waals surface area contributed by atoms with E-state index in [4.69, 9.17) is 0 Å². The number of anilines is 1. The van der Waals surface area contributed by atoms with Crippen molar-refractivity contribution in [3.8, 4) is 0 Å². The van der Waals surface area contributed by atoms with Gasteiger partial charge in [0.2, 0.25) is 0 Å². The Labute approximate surface area is 113 Å². The number of nitrogens with zero attached hydrogens (tertiary/aromatic N) is 1. The normalized spacial score (nSPS) is 24.5. The topological polar surface area (TPSA) is 15.3 Å². The highest BCUT2D eigenvalue weighted by molar-refractivity contribution is 9.10. The highest BCUT2D eigenvalue weighted by atomic mass is 79.9. The van der Waals surface area contributed by atoms with Crippen molar-refractivity contribution in [2.24, 2.45) is 5.41 Å². The van der Waals surface area contributed by atoms with Crippen LogP contribution in [0.3, 0.4) is 0 Å². The van der Waals surface area contributed by atoms with Gasteiger partial charge in [0.25, 0.3) is 0 Å². The fourth-order valence-corrected chi connectivity index (χ4v) is 2.74. The van der Waals surface area contributed by atoms with Gasteiger partial charge in [0, 0.05) is 35.8 Å². The fourth-order valence-electron chi connectivity index (χ4n) is 2.35. The van der Waals surface area contributed by atoms with Crippen molar-refractivity contribution in [3.05, 3.63) is 28.7 Å². The van der Waals surface area contributed by atoms with Gasteiger partial charge >= 0.3 is 0 Å². The monoisotopic (exact) mass is 296 g/mol. The molecule has 1 N–H and O–H groups in total. The van der Waals surface area contributed by atoms with Crippen LogP contribution in [-0.4, -0.2) is 25.7 Å². The van der Waals surface area contributed by atoms with Gasteiger partial charge in [-0.15, -0.1) is 0 Å². The van der Waals surface area contributed by atoms with E-state index in [-0.39, 0.29) is 0 Å². The number of hydrogen-bond donors (Lipinski definition) is 1. The zero-order valence-corrected chi connectivity index (χ0v) is 12.4. The van der Waals surface area contributed by atoms with Crippen LogP contribution in [0.4, 0.5) is 5.69 Å². The summed E-state index contributed by atoms with van der Waals surface area (Å²) in [6.45, 7) is 10.2. The van der Waals surface area contributed by atoms with Crippen LogP contribution in [0.5, 0.6) is 0 Å². The number of hydrogen-bond acceptors (Lipinski definition) is 2. The minimum atomic E-state index is 0.313. The maximum atomic E-state index is 3.60. The van der Waals surface area contributed by atoms with E-state index in [1.54, 1.807) is 0 Å². The van der Waals surface area contributed by atoms with Crippen LogP contribution < -0.4 is 10.2 Å². The van der Waals surface area contributed by atoms with Crippen molar-refractivity contribution < 1.29 is 0 Å². The van der Waals surface area contributed by atoms with Crippen LogP contribution in [0.1, 0.15) is 20.8 Å². The molecule has 0 spiro atoms. The van der Waals surface area contributed by atoms with E-state index in [0.29, 0.717) is 11.5 Å². The van der Waals surface area contributed by atoms with Gasteiger partial charge in [-0.3, -0.25) is 0 Å². The van der Waals surface area contributed by atoms with E-state index >= 15 is 0 Å². The summed E-state index contributed by atoms with van der Waals surface area (Å²) in [6.07, 6.45) is 0. The van der Waals surface area contributed by atoms with Gasteiger partial charge in [-0.2, -0.15) is 0 Å². The molecule has 0 aromatic heterocycles. The molecule has 3 heteroatoms. The Morgan fingerprint density at radius 2 is 2.18 bits per heavy atom. The zero-order chi connectivity index (χ0) is 12.5. The standard InChI is InChI=1S/C14H21BrN2/c1-11-8-17(10-14(2,3)9-16-11)13-6-4-5-12(15)7-13/h4-7,11,16H,8-10H2,1-3H3. The minimum Gasteiger partial charge on any atom is -0.369 e. The Hall–Kier alpha value is -0.540. The summed E-state index contributed by atoms with van der Waals surface area (Å²) in [6, 6.07) is 9.12. The quantitative estimate of drug-likeness (QED) is 0.856. The van der Waals surface area contributed by atoms with Gasteiger partial charge in [0.15, 0.2) is 0 Å². The van der Waals surface area contributed by atoms with Crippen LogP contribution in [0.15, 0.2) is 28.7 Å². The maximum absolute atomic E-state index is 3.60. The molecule has 2 nitrogen and oxygen atoms in total. The summed E-state index contributed by atoms with van der Waals surface area (Å²) in [5.74, 6) is 0. The average molecular weight is 297 g/mol. The molecule has 1 saturated heterocycles. The molecule has 0 radical (unpaired) electrons. The van der Waals surface area contributed by atoms with E-state index in [1.807, 2.05) is 0 Å². The first-order valence-corrected chi connectivity index (χ1v) is 6.99. The Bertz CT molecular complexity index is 390. The third-order valence-corrected chi connectivity index (χ3v) is 3.71. The van der Waals surface area contributed by atoms with Crippen molar-refractivity contribution in [3.63, 3.8) is 0 Å². The van der Waals surface area contributed by atoms with Crippen molar-refractivity contribution in [1.82, 2.24) is 5.32 Å². The fraction of sp³-hybridized carbons (Fsp3) is 0.571. The van der Waals surface area contributed by atoms with E-state index < -0.39 is 0 Å². The van der Waals surface area contributed by atoms with E-state index in [1.165, 1.54) is 5.69 Å². The molecule has 0 bridgehead atoms. The molecular formula is C14H21BrN2. The lowest BCUT2D eigenvalue weighted by Crippen LogP contribution is -2.35. The van der Waals surface area contributed by atoms with E-state index in [0.717, 1.165) is 24.1 Å². The summed E-state index contributed by atoms with van der Waals surface area (Å²) >= 11 is 3.55. The number of rotatable bonds is 1. The van der Waals surface area contributed by atoms with E-state index in [9.17, 15) is 0 Å². The first-order chi connectivity index (χ1) is 7.96. The second-order valence-corrected chi connectivity index (χ2v) is 6.72. The molecule has 1 aromatic carbocycles. The van der Waals surface area contributed by atoms with Crippen LogP contribution in [0.25, 0.3) is 0 Å². The molecule has 0 amide bonds. The van der Waals surface area contributed by atoms with Crippen LogP contribution in [-0.2, 0) is 0 Å². The smallest absolute Gasteiger partial charge is 0.0378 e. The molecule has 2 rings (SSSR count). The summed E-state index contributed by atoms with van der Waals surface area (Å²) < 4.78 is 1.15. The van der Waals surface area contributed by atoms with Crippen LogP contribution in [0, 0.1) is 5.41 Å². The number of benzene rings is 1. The van der Waals surface area contributed by atoms with Gasteiger partial charge in [0.1, 0.15) is 0 Å². The lowest BCUT2D eigenvalue weighted by atomic mass is 9.93. The Balaban J connectivity index is 2.23. The molecule has 0 saturated carbocycles. The molecule has 1 unspecified atom stereocenters. The summed E-state index contributed by atoms with van der Waals surface area (Å²) in [7, 11) is 0. The third kappa shape index (κ3) is 3.46. The molecule has 1 fully saturated rings. The molecule has 17 heavy (non-hydrogen) atoms. The Morgan fingerprint density at radius 3 is 2.88 bits per heavy atom. The Kier molecular flexibility index (Phi) is 3.79. The van der Waals surface area contributed by atoms with Gasteiger partial charge in [-0.1, -0.05) is 35.8 Å². The van der Waals surface area contributed by atoms with Gasteiger partial charge in [-0.25, -0.2) is 0 Å². The summed E-state index contributed by atoms with van der Waals surface area (Å²) in [5.41, 5.74) is 1.62. The van der Waals surface area contributed by atoms with Crippen molar-refractivity contribution in [1.29, 1.82) is 0 Å². The Morgan fingerprint density at radius 1 is 1.41 bits per heavy atom. The average Bonchev–Trinajstić information content (AvgIpc) is 2.38. The van der Waals surface area contributed by atoms with Crippen LogP contribution >= 0.6 is 15.9 Å². The molecule has 1 atom stereocenters. The molecule has 94 valence electrons. The minimum absolute atomic E-state index is 0.313. The molecular weight excluding hydrogens is 276 g/mol. The molecule has 0 aliphatic carbocycles. The highest BCUT2D eigenvalue weighted by Gasteiger charge is 2.27. The van der Waals surface area contributed by atoms with Crippen molar-refractivity contribution >= 4 is 21.6 Å². The largest absolute Gasteiger partial charge is 0.369 e. The lowest BCUT2D eigenvalue weighted by molar-refractivity contribution is 0.362. The lowest BCUT2D eigenvalue weighted by Gasteiger charge is -2.31. The molecule has 1 heterocycles. The maximum Gasteiger partial charge on any atom is 0.0378 e. The first kappa shape index (κ1) is 12.9. The third-order valence-electron chi connectivity index (χ3n) is 3.22. The van der Waals surface area contributed by atoms with Gasteiger partial charge < -0.3 is 10.2 Å². The van der Waals surface area contributed by atoms with Crippen molar-refractivity contribution in [2.75, 3.05) is 24.5 Å². The zero-order valence-electron chi connectivity index (χ0n) is 10.8. The van der Waals surface area contributed by atoms with Crippen LogP contribution in [0.2, 0.25) is 0 Å². The van der Waals surface area contributed by atoms with E-state index in [2.05, 4.69) is 71.2 Å². The predicted octanol–water partition coefficient (Wildman–Crippen LogP) is 3.27. The summed E-state index contributed by atoms with van der Waals surface area (Å²) in [4.78, 5) is 2.48.